The van der Waals surface area contributed by atoms with Crippen molar-refractivity contribution in [2.24, 2.45) is 5.84 Å². The van der Waals surface area contributed by atoms with Gasteiger partial charge >= 0.3 is 0 Å². The van der Waals surface area contributed by atoms with Gasteiger partial charge in [0, 0.05) is 15.6 Å². The highest BCUT2D eigenvalue weighted by molar-refractivity contribution is 9.10. The van der Waals surface area contributed by atoms with Gasteiger partial charge < -0.3 is 4.74 Å². The summed E-state index contributed by atoms with van der Waals surface area (Å²) in [6.07, 6.45) is 0. The first kappa shape index (κ1) is 15.5. The van der Waals surface area contributed by atoms with Crippen LogP contribution in [0.2, 0.25) is 0 Å². The van der Waals surface area contributed by atoms with Gasteiger partial charge in [-0.3, -0.25) is 10.2 Å². The monoisotopic (exact) mass is 352 g/mol. The Balaban J connectivity index is 2.19. The quantitative estimate of drug-likeness (QED) is 0.504. The van der Waals surface area contributed by atoms with Crippen molar-refractivity contribution in [2.75, 3.05) is 0 Å². The van der Waals surface area contributed by atoms with E-state index in [2.05, 4.69) is 15.9 Å². The second-order valence-electron chi connectivity index (χ2n) is 4.48. The van der Waals surface area contributed by atoms with E-state index in [9.17, 15) is 9.18 Å². The third kappa shape index (κ3) is 3.80. The average molecular weight is 353 g/mol. The molecular weight excluding hydrogens is 339 g/mol. The van der Waals surface area contributed by atoms with Crippen molar-refractivity contribution in [2.45, 2.75) is 13.5 Å². The fraction of sp³-hybridized carbons (Fsp3) is 0.133. The molecule has 110 valence electrons. The van der Waals surface area contributed by atoms with Crippen LogP contribution in [0.15, 0.2) is 40.9 Å². The number of halogens is 2. The summed E-state index contributed by atoms with van der Waals surface area (Å²) in [6, 6.07) is 9.61. The Bertz CT molecular complexity index is 677. The normalized spacial score (nSPS) is 10.3. The van der Waals surface area contributed by atoms with E-state index in [4.69, 9.17) is 10.6 Å². The molecule has 0 aliphatic rings. The van der Waals surface area contributed by atoms with Gasteiger partial charge in [-0.1, -0.05) is 22.0 Å². The van der Waals surface area contributed by atoms with E-state index in [1.165, 1.54) is 18.2 Å². The lowest BCUT2D eigenvalue weighted by Crippen LogP contribution is -2.30. The van der Waals surface area contributed by atoms with Gasteiger partial charge in [-0.25, -0.2) is 10.2 Å². The Morgan fingerprint density at radius 3 is 2.81 bits per heavy atom. The maximum Gasteiger partial charge on any atom is 0.265 e. The van der Waals surface area contributed by atoms with E-state index >= 15 is 0 Å². The number of hydrogen-bond donors (Lipinski definition) is 2. The summed E-state index contributed by atoms with van der Waals surface area (Å²) in [7, 11) is 0. The minimum Gasteiger partial charge on any atom is -0.488 e. The Hall–Kier alpha value is -1.92. The molecule has 0 atom stereocenters. The zero-order chi connectivity index (χ0) is 15.4. The highest BCUT2D eigenvalue weighted by Crippen LogP contribution is 2.24. The summed E-state index contributed by atoms with van der Waals surface area (Å²) in [4.78, 5) is 11.4. The minimum absolute atomic E-state index is 0.0226. The number of benzene rings is 2. The van der Waals surface area contributed by atoms with Crippen LogP contribution in [0.25, 0.3) is 0 Å². The molecule has 0 aliphatic heterocycles. The number of nitrogens with one attached hydrogen (secondary N) is 1. The molecule has 2 aromatic carbocycles. The molecule has 21 heavy (non-hydrogen) atoms. The number of nitrogens with two attached hydrogens (primary N) is 1. The fourth-order valence-corrected chi connectivity index (χ4v) is 2.13. The Kier molecular flexibility index (Phi) is 4.93. The second kappa shape index (κ2) is 6.69. The SMILES string of the molecule is Cc1ccc(Br)cc1OCc1cc(C(=O)NN)ccc1F. The van der Waals surface area contributed by atoms with Gasteiger partial charge in [0.1, 0.15) is 18.2 Å². The summed E-state index contributed by atoms with van der Waals surface area (Å²) in [6.45, 7) is 1.92. The van der Waals surface area contributed by atoms with Crippen LogP contribution in [0.4, 0.5) is 4.39 Å². The molecule has 2 aromatic rings. The molecule has 2 rings (SSSR count). The van der Waals surface area contributed by atoms with Crippen LogP contribution in [0.3, 0.4) is 0 Å². The molecular formula is C15H14BrFN2O2. The van der Waals surface area contributed by atoms with Crippen LogP contribution < -0.4 is 16.0 Å². The van der Waals surface area contributed by atoms with Crippen molar-refractivity contribution < 1.29 is 13.9 Å². The first-order valence-corrected chi connectivity index (χ1v) is 6.99. The molecule has 0 unspecified atom stereocenters. The van der Waals surface area contributed by atoms with Gasteiger partial charge in [0.15, 0.2) is 0 Å². The van der Waals surface area contributed by atoms with Gasteiger partial charge in [-0.2, -0.15) is 0 Å². The van der Waals surface area contributed by atoms with Crippen LogP contribution in [0, 0.1) is 12.7 Å². The van der Waals surface area contributed by atoms with Crippen molar-refractivity contribution >= 4 is 21.8 Å². The maximum absolute atomic E-state index is 13.8. The fourth-order valence-electron chi connectivity index (χ4n) is 1.79. The van der Waals surface area contributed by atoms with Crippen LogP contribution in [-0.4, -0.2) is 5.91 Å². The second-order valence-corrected chi connectivity index (χ2v) is 5.39. The smallest absolute Gasteiger partial charge is 0.265 e. The summed E-state index contributed by atoms with van der Waals surface area (Å²) < 4.78 is 20.3. The highest BCUT2D eigenvalue weighted by Gasteiger charge is 2.10. The molecule has 0 aromatic heterocycles. The van der Waals surface area contributed by atoms with E-state index < -0.39 is 11.7 Å². The number of hydrogen-bond acceptors (Lipinski definition) is 3. The predicted octanol–water partition coefficient (Wildman–Crippen LogP) is 3.08. The van der Waals surface area contributed by atoms with E-state index in [-0.39, 0.29) is 17.7 Å². The molecule has 6 heteroatoms. The summed E-state index contributed by atoms with van der Waals surface area (Å²) >= 11 is 3.36. The topological polar surface area (TPSA) is 64.3 Å². The van der Waals surface area contributed by atoms with E-state index in [1.54, 1.807) is 0 Å². The largest absolute Gasteiger partial charge is 0.488 e. The molecule has 0 spiro atoms. The van der Waals surface area contributed by atoms with Crippen LogP contribution >= 0.6 is 15.9 Å². The molecule has 0 heterocycles. The molecule has 0 saturated carbocycles. The van der Waals surface area contributed by atoms with Gasteiger partial charge in [0.05, 0.1) is 0 Å². The summed E-state index contributed by atoms with van der Waals surface area (Å²) in [5.74, 6) is 4.80. The molecule has 0 bridgehead atoms. The molecule has 0 fully saturated rings. The Morgan fingerprint density at radius 2 is 2.10 bits per heavy atom. The number of ether oxygens (including phenoxy) is 1. The number of hydrazine groups is 1. The summed E-state index contributed by atoms with van der Waals surface area (Å²) in [5.41, 5.74) is 3.52. The zero-order valence-corrected chi connectivity index (χ0v) is 12.9. The van der Waals surface area contributed by atoms with Crippen LogP contribution in [-0.2, 0) is 6.61 Å². The number of aryl methyl sites for hydroxylation is 1. The first-order chi connectivity index (χ1) is 10.0. The molecule has 0 saturated heterocycles. The molecule has 0 radical (unpaired) electrons. The highest BCUT2D eigenvalue weighted by atomic mass is 79.9. The third-order valence-electron chi connectivity index (χ3n) is 2.97. The lowest BCUT2D eigenvalue weighted by molar-refractivity contribution is 0.0953. The van der Waals surface area contributed by atoms with Crippen molar-refractivity contribution in [3.63, 3.8) is 0 Å². The lowest BCUT2D eigenvalue weighted by atomic mass is 10.1. The Morgan fingerprint density at radius 1 is 1.33 bits per heavy atom. The van der Waals surface area contributed by atoms with Crippen molar-refractivity contribution in [3.8, 4) is 5.75 Å². The molecule has 4 nitrogen and oxygen atoms in total. The molecule has 0 aliphatic carbocycles. The van der Waals surface area contributed by atoms with Crippen LogP contribution in [0.1, 0.15) is 21.5 Å². The van der Waals surface area contributed by atoms with E-state index in [1.807, 2.05) is 30.5 Å². The standard InChI is InChI=1S/C15H14BrFN2O2/c1-9-2-4-12(16)7-14(9)21-8-11-6-10(15(20)19-18)3-5-13(11)17/h2-7H,8,18H2,1H3,(H,19,20). The van der Waals surface area contributed by atoms with Gasteiger partial charge in [0.25, 0.3) is 5.91 Å². The maximum atomic E-state index is 13.8. The number of carbonyl (C=O) groups is 1. The average Bonchev–Trinajstić information content (AvgIpc) is 2.48. The van der Waals surface area contributed by atoms with Gasteiger partial charge in [0.2, 0.25) is 0 Å². The van der Waals surface area contributed by atoms with Crippen molar-refractivity contribution in [1.82, 2.24) is 5.43 Å². The van der Waals surface area contributed by atoms with Gasteiger partial charge in [-0.15, -0.1) is 0 Å². The minimum atomic E-state index is -0.477. The first-order valence-electron chi connectivity index (χ1n) is 6.19. The van der Waals surface area contributed by atoms with E-state index in [0.29, 0.717) is 5.75 Å². The zero-order valence-electron chi connectivity index (χ0n) is 11.3. The Labute approximate surface area is 130 Å². The predicted molar refractivity (Wildman–Crippen MR) is 81.3 cm³/mol. The third-order valence-corrected chi connectivity index (χ3v) is 3.47. The number of nitrogen functional groups attached to an aromatic ring is 1. The number of amides is 1. The van der Waals surface area contributed by atoms with Crippen LogP contribution in [0.5, 0.6) is 5.75 Å². The van der Waals surface area contributed by atoms with E-state index in [0.717, 1.165) is 10.0 Å². The number of carbonyl (C=O) groups excluding carboxylic acids is 1. The molecule has 3 N–H and O–H groups in total. The lowest BCUT2D eigenvalue weighted by Gasteiger charge is -2.11. The van der Waals surface area contributed by atoms with Crippen molar-refractivity contribution in [3.05, 3.63) is 63.4 Å². The summed E-state index contributed by atoms with van der Waals surface area (Å²) in [5, 5.41) is 0. The molecule has 1 amide bonds. The number of rotatable bonds is 4. The van der Waals surface area contributed by atoms with Gasteiger partial charge in [-0.05, 0) is 42.8 Å². The van der Waals surface area contributed by atoms with Crippen molar-refractivity contribution in [1.29, 1.82) is 0 Å².